The maximum atomic E-state index is 13.1. The molecule has 22 heavy (non-hydrogen) atoms. The first-order valence-electron chi connectivity index (χ1n) is 7.25. The smallest absolute Gasteiger partial charge is 0.175 e. The summed E-state index contributed by atoms with van der Waals surface area (Å²) in [6, 6.07) is 10.6. The fourth-order valence-electron chi connectivity index (χ4n) is 2.38. The molecule has 3 nitrogen and oxygen atoms in total. The largest absolute Gasteiger partial charge is 0.490 e. The molecule has 0 unspecified atom stereocenters. The van der Waals surface area contributed by atoms with Gasteiger partial charge in [-0.2, -0.15) is 0 Å². The highest BCUT2D eigenvalue weighted by Crippen LogP contribution is 2.38. The molecule has 1 heterocycles. The Morgan fingerprint density at radius 1 is 1.05 bits per heavy atom. The average molecular weight is 366 g/mol. The van der Waals surface area contributed by atoms with E-state index in [0.29, 0.717) is 26.3 Å². The van der Waals surface area contributed by atoms with Crippen LogP contribution in [0.3, 0.4) is 0 Å². The van der Waals surface area contributed by atoms with Crippen molar-refractivity contribution in [3.63, 3.8) is 0 Å². The van der Waals surface area contributed by atoms with Gasteiger partial charge in [0.05, 0.1) is 17.7 Å². The van der Waals surface area contributed by atoms with Crippen LogP contribution >= 0.6 is 15.9 Å². The minimum Gasteiger partial charge on any atom is -0.490 e. The van der Waals surface area contributed by atoms with E-state index in [9.17, 15) is 4.39 Å². The number of rotatable bonds is 4. The van der Waals surface area contributed by atoms with Crippen molar-refractivity contribution in [2.45, 2.75) is 19.5 Å². The van der Waals surface area contributed by atoms with Gasteiger partial charge in [-0.25, -0.2) is 4.39 Å². The van der Waals surface area contributed by atoms with Crippen LogP contribution in [0.1, 0.15) is 17.5 Å². The monoisotopic (exact) mass is 365 g/mol. The van der Waals surface area contributed by atoms with Gasteiger partial charge in [0, 0.05) is 19.5 Å². The lowest BCUT2D eigenvalue weighted by atomic mass is 10.2. The van der Waals surface area contributed by atoms with Gasteiger partial charge in [0.2, 0.25) is 0 Å². The Hall–Kier alpha value is -1.59. The zero-order valence-corrected chi connectivity index (χ0v) is 13.7. The molecule has 0 radical (unpaired) electrons. The molecular formula is C17H17BrFNO2. The minimum atomic E-state index is -0.211. The molecule has 1 N–H and O–H groups in total. The summed E-state index contributed by atoms with van der Waals surface area (Å²) >= 11 is 3.53. The third-order valence-electron chi connectivity index (χ3n) is 3.41. The van der Waals surface area contributed by atoms with Crippen molar-refractivity contribution in [3.8, 4) is 11.5 Å². The van der Waals surface area contributed by atoms with Crippen LogP contribution in [0.15, 0.2) is 40.9 Å². The summed E-state index contributed by atoms with van der Waals surface area (Å²) in [4.78, 5) is 0. The number of ether oxygens (including phenoxy) is 2. The Bertz CT molecular complexity index is 663. The lowest BCUT2D eigenvalue weighted by molar-refractivity contribution is 0.296. The quantitative estimate of drug-likeness (QED) is 0.886. The summed E-state index contributed by atoms with van der Waals surface area (Å²) in [5.74, 6) is 1.33. The van der Waals surface area contributed by atoms with Crippen LogP contribution in [0.4, 0.5) is 4.39 Å². The molecule has 2 aromatic rings. The van der Waals surface area contributed by atoms with E-state index in [4.69, 9.17) is 9.47 Å². The lowest BCUT2D eigenvalue weighted by Gasteiger charge is -2.12. The first-order valence-corrected chi connectivity index (χ1v) is 8.05. The summed E-state index contributed by atoms with van der Waals surface area (Å²) < 4.78 is 25.4. The molecule has 0 aromatic heterocycles. The molecule has 0 atom stereocenters. The summed E-state index contributed by atoms with van der Waals surface area (Å²) in [6.07, 6.45) is 0.883. The van der Waals surface area contributed by atoms with Gasteiger partial charge >= 0.3 is 0 Å². The molecule has 0 spiro atoms. The first kappa shape index (κ1) is 15.3. The Morgan fingerprint density at radius 3 is 2.73 bits per heavy atom. The SMILES string of the molecule is Fc1cccc(CNCc2cc(Br)c3c(c2)OCCCO3)c1. The van der Waals surface area contributed by atoms with Gasteiger partial charge in [0.25, 0.3) is 0 Å². The number of halogens is 2. The van der Waals surface area contributed by atoms with Gasteiger partial charge in [-0.05, 0) is 51.3 Å². The molecule has 0 bridgehead atoms. The Morgan fingerprint density at radius 2 is 1.86 bits per heavy atom. The van der Waals surface area contributed by atoms with Gasteiger partial charge in [0.15, 0.2) is 11.5 Å². The third kappa shape index (κ3) is 3.78. The summed E-state index contributed by atoms with van der Waals surface area (Å²) in [6.45, 7) is 2.62. The number of benzene rings is 2. The van der Waals surface area contributed by atoms with Crippen molar-refractivity contribution in [2.75, 3.05) is 13.2 Å². The molecule has 2 aromatic carbocycles. The van der Waals surface area contributed by atoms with E-state index in [0.717, 1.165) is 33.5 Å². The van der Waals surface area contributed by atoms with E-state index in [1.54, 1.807) is 6.07 Å². The number of nitrogens with one attached hydrogen (secondary N) is 1. The predicted molar refractivity (Wildman–Crippen MR) is 86.7 cm³/mol. The van der Waals surface area contributed by atoms with Gasteiger partial charge in [0.1, 0.15) is 5.82 Å². The molecule has 5 heteroatoms. The van der Waals surface area contributed by atoms with Gasteiger partial charge in [-0.3, -0.25) is 0 Å². The molecular weight excluding hydrogens is 349 g/mol. The number of fused-ring (bicyclic) bond motifs is 1. The van der Waals surface area contributed by atoms with Crippen LogP contribution in [-0.2, 0) is 13.1 Å². The minimum absolute atomic E-state index is 0.211. The van der Waals surface area contributed by atoms with Gasteiger partial charge in [-0.1, -0.05) is 12.1 Å². The summed E-state index contributed by atoms with van der Waals surface area (Å²) in [5, 5.41) is 3.31. The maximum Gasteiger partial charge on any atom is 0.175 e. The highest BCUT2D eigenvalue weighted by molar-refractivity contribution is 9.10. The Balaban J connectivity index is 1.65. The van der Waals surface area contributed by atoms with Crippen molar-refractivity contribution in [2.24, 2.45) is 0 Å². The van der Waals surface area contributed by atoms with Crippen molar-refractivity contribution in [1.82, 2.24) is 5.32 Å². The van der Waals surface area contributed by atoms with Crippen molar-refractivity contribution in [1.29, 1.82) is 0 Å². The summed E-state index contributed by atoms with van der Waals surface area (Å²) in [7, 11) is 0. The normalized spacial score (nSPS) is 13.7. The Labute approximate surface area is 137 Å². The van der Waals surface area contributed by atoms with E-state index >= 15 is 0 Å². The maximum absolute atomic E-state index is 13.1. The van der Waals surface area contributed by atoms with E-state index in [1.165, 1.54) is 12.1 Å². The molecule has 0 saturated heterocycles. The topological polar surface area (TPSA) is 30.5 Å². The highest BCUT2D eigenvalue weighted by Gasteiger charge is 2.15. The van der Waals surface area contributed by atoms with E-state index in [-0.39, 0.29) is 5.82 Å². The molecule has 1 aliphatic rings. The van der Waals surface area contributed by atoms with Crippen LogP contribution in [-0.4, -0.2) is 13.2 Å². The van der Waals surface area contributed by atoms with E-state index in [1.807, 2.05) is 18.2 Å². The van der Waals surface area contributed by atoms with E-state index < -0.39 is 0 Å². The third-order valence-corrected chi connectivity index (χ3v) is 4.00. The zero-order chi connectivity index (χ0) is 15.4. The molecule has 1 aliphatic heterocycles. The second-order valence-corrected chi connectivity index (χ2v) is 6.04. The average Bonchev–Trinajstić information content (AvgIpc) is 2.73. The first-order chi connectivity index (χ1) is 10.7. The molecule has 0 amide bonds. The van der Waals surface area contributed by atoms with E-state index in [2.05, 4.69) is 21.2 Å². The number of hydrogen-bond acceptors (Lipinski definition) is 3. The molecule has 0 saturated carbocycles. The van der Waals surface area contributed by atoms with Crippen LogP contribution in [0, 0.1) is 5.82 Å². The fourth-order valence-corrected chi connectivity index (χ4v) is 2.99. The molecule has 3 rings (SSSR count). The lowest BCUT2D eigenvalue weighted by Crippen LogP contribution is -2.13. The number of hydrogen-bond donors (Lipinski definition) is 1. The van der Waals surface area contributed by atoms with Crippen molar-refractivity contribution >= 4 is 15.9 Å². The van der Waals surface area contributed by atoms with Crippen LogP contribution in [0.25, 0.3) is 0 Å². The Kier molecular flexibility index (Phi) is 4.95. The van der Waals surface area contributed by atoms with Crippen LogP contribution < -0.4 is 14.8 Å². The molecule has 0 aliphatic carbocycles. The van der Waals surface area contributed by atoms with Crippen molar-refractivity contribution in [3.05, 3.63) is 57.8 Å². The molecule has 0 fully saturated rings. The standard InChI is InChI=1S/C17H17BrFNO2/c18-15-8-13(9-16-17(15)22-6-2-5-21-16)11-20-10-12-3-1-4-14(19)7-12/h1,3-4,7-9,20H,2,5-6,10-11H2. The van der Waals surface area contributed by atoms with Gasteiger partial charge in [-0.15, -0.1) is 0 Å². The predicted octanol–water partition coefficient (Wildman–Crippen LogP) is 4.04. The second-order valence-electron chi connectivity index (χ2n) is 5.19. The van der Waals surface area contributed by atoms with Crippen LogP contribution in [0.2, 0.25) is 0 Å². The summed E-state index contributed by atoms with van der Waals surface area (Å²) in [5.41, 5.74) is 2.01. The zero-order valence-electron chi connectivity index (χ0n) is 12.1. The van der Waals surface area contributed by atoms with Crippen LogP contribution in [0.5, 0.6) is 11.5 Å². The fraction of sp³-hybridized carbons (Fsp3) is 0.294. The van der Waals surface area contributed by atoms with Gasteiger partial charge < -0.3 is 14.8 Å². The van der Waals surface area contributed by atoms with Crippen molar-refractivity contribution < 1.29 is 13.9 Å². The second kappa shape index (κ2) is 7.11. The molecule has 116 valence electrons. The highest BCUT2D eigenvalue weighted by atomic mass is 79.9.